The number of anilines is 1. The number of hydrogen-bond acceptors (Lipinski definition) is 5. The van der Waals surface area contributed by atoms with E-state index in [0.717, 1.165) is 22.2 Å². The lowest BCUT2D eigenvalue weighted by atomic mass is 10.1. The van der Waals surface area contributed by atoms with Crippen LogP contribution >= 0.6 is 0 Å². The maximum absolute atomic E-state index is 11.0. The smallest absolute Gasteiger partial charge is 0.149 e. The second kappa shape index (κ2) is 6.87. The molecular formula is C15H20N2O3S. The van der Waals surface area contributed by atoms with Gasteiger partial charge in [0.25, 0.3) is 0 Å². The predicted molar refractivity (Wildman–Crippen MR) is 85.5 cm³/mol. The van der Waals surface area contributed by atoms with Crippen molar-refractivity contribution in [1.29, 1.82) is 0 Å². The van der Waals surface area contributed by atoms with E-state index in [1.807, 2.05) is 31.2 Å². The molecular weight excluding hydrogens is 288 g/mol. The molecule has 6 heteroatoms. The first-order valence-electron chi connectivity index (χ1n) is 6.81. The second-order valence-corrected chi connectivity index (χ2v) is 7.26. The molecule has 0 saturated carbocycles. The van der Waals surface area contributed by atoms with Crippen LogP contribution in [0.3, 0.4) is 0 Å². The summed E-state index contributed by atoms with van der Waals surface area (Å²) in [6.45, 7) is 3.35. The summed E-state index contributed by atoms with van der Waals surface area (Å²) < 4.78 is 27.2. The molecule has 0 bridgehead atoms. The molecule has 1 heterocycles. The molecule has 0 spiro atoms. The van der Waals surface area contributed by atoms with Crippen molar-refractivity contribution in [2.75, 3.05) is 37.1 Å². The molecule has 1 N–H and O–H groups in total. The van der Waals surface area contributed by atoms with Crippen LogP contribution in [0.2, 0.25) is 0 Å². The first-order valence-corrected chi connectivity index (χ1v) is 8.87. The molecule has 0 aliphatic carbocycles. The summed E-state index contributed by atoms with van der Waals surface area (Å²) in [5.74, 6) is 0.0599. The Balaban J connectivity index is 1.88. The van der Waals surface area contributed by atoms with E-state index in [0.29, 0.717) is 13.2 Å². The third kappa shape index (κ3) is 4.68. The van der Waals surface area contributed by atoms with Crippen LogP contribution in [-0.4, -0.2) is 45.2 Å². The molecule has 0 unspecified atom stereocenters. The van der Waals surface area contributed by atoms with Gasteiger partial charge in [0.15, 0.2) is 0 Å². The molecule has 1 aromatic heterocycles. The van der Waals surface area contributed by atoms with E-state index in [9.17, 15) is 8.42 Å². The summed E-state index contributed by atoms with van der Waals surface area (Å²) >= 11 is 0. The van der Waals surface area contributed by atoms with Gasteiger partial charge in [0.1, 0.15) is 9.84 Å². The van der Waals surface area contributed by atoms with Gasteiger partial charge in [-0.25, -0.2) is 8.42 Å². The van der Waals surface area contributed by atoms with Gasteiger partial charge in [-0.3, -0.25) is 4.98 Å². The summed E-state index contributed by atoms with van der Waals surface area (Å²) in [5, 5.41) is 4.38. The normalized spacial score (nSPS) is 11.7. The number of aryl methyl sites for hydroxylation is 1. The Hall–Kier alpha value is -1.66. The number of pyridine rings is 1. The van der Waals surface area contributed by atoms with Gasteiger partial charge in [-0.1, -0.05) is 18.2 Å². The summed E-state index contributed by atoms with van der Waals surface area (Å²) in [4.78, 5) is 4.39. The van der Waals surface area contributed by atoms with Crippen LogP contribution < -0.4 is 5.32 Å². The number of aromatic nitrogens is 1. The number of benzene rings is 1. The summed E-state index contributed by atoms with van der Waals surface area (Å²) in [5.41, 5.74) is 3.14. The molecule has 21 heavy (non-hydrogen) atoms. The molecule has 2 aromatic rings. The van der Waals surface area contributed by atoms with Crippen LogP contribution in [-0.2, 0) is 14.6 Å². The topological polar surface area (TPSA) is 68.3 Å². The van der Waals surface area contributed by atoms with Crippen LogP contribution in [0.1, 0.15) is 5.56 Å². The maximum atomic E-state index is 11.0. The minimum atomic E-state index is -2.95. The molecule has 114 valence electrons. The number of rotatable bonds is 7. The largest absolute Gasteiger partial charge is 0.382 e. The minimum absolute atomic E-state index is 0.0599. The number of hydrogen-bond donors (Lipinski definition) is 1. The van der Waals surface area contributed by atoms with Gasteiger partial charge in [-0.15, -0.1) is 0 Å². The van der Waals surface area contributed by atoms with Crippen molar-refractivity contribution < 1.29 is 13.2 Å². The van der Waals surface area contributed by atoms with Crippen LogP contribution in [0.4, 0.5) is 5.69 Å². The van der Waals surface area contributed by atoms with E-state index < -0.39 is 9.84 Å². The third-order valence-electron chi connectivity index (χ3n) is 3.13. The molecule has 5 nitrogen and oxygen atoms in total. The lowest BCUT2D eigenvalue weighted by Gasteiger charge is -2.10. The Morgan fingerprint density at radius 2 is 2.05 bits per heavy atom. The Bertz CT molecular complexity index is 714. The monoisotopic (exact) mass is 308 g/mol. The van der Waals surface area contributed by atoms with E-state index in [-0.39, 0.29) is 12.4 Å². The number of nitrogens with one attached hydrogen (secondary N) is 1. The summed E-state index contributed by atoms with van der Waals surface area (Å²) in [7, 11) is -2.95. The molecule has 0 radical (unpaired) electrons. The molecule has 0 aliphatic rings. The SMILES string of the molecule is Cc1cccc2c(NCCOCCS(C)(=O)=O)ccnc12. The van der Waals surface area contributed by atoms with Crippen molar-refractivity contribution in [2.45, 2.75) is 6.92 Å². The zero-order valence-corrected chi connectivity index (χ0v) is 13.1. The molecule has 1 aromatic carbocycles. The highest BCUT2D eigenvalue weighted by Gasteiger charge is 2.04. The fraction of sp³-hybridized carbons (Fsp3) is 0.400. The van der Waals surface area contributed by atoms with E-state index in [2.05, 4.69) is 10.3 Å². The number of sulfone groups is 1. The molecule has 0 aliphatic heterocycles. The van der Waals surface area contributed by atoms with Gasteiger partial charge in [-0.2, -0.15) is 0 Å². The van der Waals surface area contributed by atoms with Crippen molar-refractivity contribution in [1.82, 2.24) is 4.98 Å². The standard InChI is InChI=1S/C15H20N2O3S/c1-12-4-3-5-13-14(6-7-17-15(12)13)16-8-9-20-10-11-21(2,18)19/h3-7H,8-11H2,1-2H3,(H,16,17). The zero-order valence-electron chi connectivity index (χ0n) is 12.3. The number of nitrogens with zero attached hydrogens (tertiary/aromatic N) is 1. The Labute approximate surface area is 125 Å². The van der Waals surface area contributed by atoms with Crippen LogP contribution in [0, 0.1) is 6.92 Å². The zero-order chi connectivity index (χ0) is 15.3. The number of ether oxygens (including phenoxy) is 1. The number of fused-ring (bicyclic) bond motifs is 1. The van der Waals surface area contributed by atoms with E-state index in [4.69, 9.17) is 4.74 Å². The average molecular weight is 308 g/mol. The van der Waals surface area contributed by atoms with Crippen molar-refractivity contribution in [2.24, 2.45) is 0 Å². The van der Waals surface area contributed by atoms with Gasteiger partial charge in [0.2, 0.25) is 0 Å². The maximum Gasteiger partial charge on any atom is 0.149 e. The quantitative estimate of drug-likeness (QED) is 0.793. The Kier molecular flexibility index (Phi) is 5.14. The van der Waals surface area contributed by atoms with Gasteiger partial charge in [-0.05, 0) is 18.6 Å². The van der Waals surface area contributed by atoms with Crippen molar-refractivity contribution in [3.05, 3.63) is 36.0 Å². The lowest BCUT2D eigenvalue weighted by Crippen LogP contribution is -2.15. The predicted octanol–water partition coefficient (Wildman–Crippen LogP) is 2.02. The van der Waals surface area contributed by atoms with Crippen LogP contribution in [0.15, 0.2) is 30.5 Å². The minimum Gasteiger partial charge on any atom is -0.382 e. The van der Waals surface area contributed by atoms with Gasteiger partial charge in [0, 0.05) is 30.1 Å². The number of para-hydroxylation sites is 1. The first-order chi connectivity index (χ1) is 9.97. The van der Waals surface area contributed by atoms with Gasteiger partial charge in [0.05, 0.1) is 24.5 Å². The van der Waals surface area contributed by atoms with Crippen molar-refractivity contribution in [3.8, 4) is 0 Å². The molecule has 0 atom stereocenters. The first kappa shape index (κ1) is 15.7. The average Bonchev–Trinajstić information content (AvgIpc) is 2.42. The Morgan fingerprint density at radius 3 is 2.81 bits per heavy atom. The molecule has 0 saturated heterocycles. The van der Waals surface area contributed by atoms with Crippen LogP contribution in [0.5, 0.6) is 0 Å². The fourth-order valence-corrected chi connectivity index (χ4v) is 2.47. The highest BCUT2D eigenvalue weighted by atomic mass is 32.2. The lowest BCUT2D eigenvalue weighted by molar-refractivity contribution is 0.159. The van der Waals surface area contributed by atoms with Crippen LogP contribution in [0.25, 0.3) is 10.9 Å². The highest BCUT2D eigenvalue weighted by molar-refractivity contribution is 7.90. The fourth-order valence-electron chi connectivity index (χ4n) is 2.05. The third-order valence-corrected chi connectivity index (χ3v) is 4.04. The second-order valence-electron chi connectivity index (χ2n) is 5.00. The molecule has 2 rings (SSSR count). The van der Waals surface area contributed by atoms with E-state index >= 15 is 0 Å². The van der Waals surface area contributed by atoms with Crippen molar-refractivity contribution >= 4 is 26.4 Å². The van der Waals surface area contributed by atoms with Gasteiger partial charge >= 0.3 is 0 Å². The highest BCUT2D eigenvalue weighted by Crippen LogP contribution is 2.23. The van der Waals surface area contributed by atoms with Crippen molar-refractivity contribution in [3.63, 3.8) is 0 Å². The Morgan fingerprint density at radius 1 is 1.24 bits per heavy atom. The van der Waals surface area contributed by atoms with E-state index in [1.54, 1.807) is 6.20 Å². The van der Waals surface area contributed by atoms with E-state index in [1.165, 1.54) is 6.26 Å². The molecule has 0 fully saturated rings. The summed E-state index contributed by atoms with van der Waals surface area (Å²) in [6, 6.07) is 8.00. The molecule has 0 amide bonds. The van der Waals surface area contributed by atoms with Gasteiger partial charge < -0.3 is 10.1 Å². The summed E-state index contributed by atoms with van der Waals surface area (Å²) in [6.07, 6.45) is 2.99.